The van der Waals surface area contributed by atoms with Gasteiger partial charge < -0.3 is 0 Å². The van der Waals surface area contributed by atoms with Gasteiger partial charge in [-0.1, -0.05) is 44.2 Å². The minimum Gasteiger partial charge on any atom is -0.288 e. The summed E-state index contributed by atoms with van der Waals surface area (Å²) >= 11 is 0. The number of ketones is 1. The summed E-state index contributed by atoms with van der Waals surface area (Å²) in [6.45, 7) is 4.13. The van der Waals surface area contributed by atoms with Crippen molar-refractivity contribution in [2.24, 2.45) is 0 Å². The number of rotatable bonds is 4. The van der Waals surface area contributed by atoms with E-state index in [1.54, 1.807) is 0 Å². The quantitative estimate of drug-likeness (QED) is 0.578. The van der Waals surface area contributed by atoms with Crippen LogP contribution in [0.25, 0.3) is 6.08 Å². The lowest BCUT2D eigenvalue weighted by Gasteiger charge is -2.09. The van der Waals surface area contributed by atoms with Gasteiger partial charge in [-0.15, -0.1) is 0 Å². The molecule has 0 bridgehead atoms. The van der Waals surface area contributed by atoms with Crippen LogP contribution in [0.3, 0.4) is 0 Å². The van der Waals surface area contributed by atoms with Gasteiger partial charge in [-0.05, 0) is 35.3 Å². The largest absolute Gasteiger partial charge is 0.418 e. The van der Waals surface area contributed by atoms with Gasteiger partial charge in [0.25, 0.3) is 0 Å². The monoisotopic (exact) mass is 319 g/mol. The number of hydrogen-bond acceptors (Lipinski definition) is 2. The van der Waals surface area contributed by atoms with E-state index in [1.165, 1.54) is 12.3 Å². The molecule has 23 heavy (non-hydrogen) atoms. The van der Waals surface area contributed by atoms with Crippen molar-refractivity contribution in [1.29, 1.82) is 0 Å². The molecule has 0 radical (unpaired) electrons. The van der Waals surface area contributed by atoms with E-state index in [-0.39, 0.29) is 0 Å². The fourth-order valence-corrected chi connectivity index (χ4v) is 2.07. The smallest absolute Gasteiger partial charge is 0.288 e. The third-order valence-electron chi connectivity index (χ3n) is 3.38. The summed E-state index contributed by atoms with van der Waals surface area (Å²) in [5, 5.41) is 0. The summed E-state index contributed by atoms with van der Waals surface area (Å²) in [7, 11) is 0. The van der Waals surface area contributed by atoms with Crippen LogP contribution in [0, 0.1) is 0 Å². The van der Waals surface area contributed by atoms with E-state index >= 15 is 0 Å². The fraction of sp³-hybridized carbons (Fsp3) is 0.222. The molecule has 2 rings (SSSR count). The molecule has 0 saturated heterocycles. The van der Waals surface area contributed by atoms with Crippen molar-refractivity contribution >= 4 is 11.9 Å². The van der Waals surface area contributed by atoms with E-state index in [0.29, 0.717) is 5.92 Å². The van der Waals surface area contributed by atoms with Crippen LogP contribution in [-0.2, 0) is 6.18 Å². The second kappa shape index (κ2) is 6.77. The molecule has 0 fully saturated rings. The van der Waals surface area contributed by atoms with Crippen LogP contribution in [0.5, 0.6) is 0 Å². The maximum Gasteiger partial charge on any atom is 0.418 e. The molecular formula is C18H16F3NO. The van der Waals surface area contributed by atoms with Crippen molar-refractivity contribution in [3.63, 3.8) is 0 Å². The van der Waals surface area contributed by atoms with Gasteiger partial charge in [0, 0.05) is 6.20 Å². The Labute approximate surface area is 132 Å². The third-order valence-corrected chi connectivity index (χ3v) is 3.38. The van der Waals surface area contributed by atoms with Crippen LogP contribution >= 0.6 is 0 Å². The lowest BCUT2D eigenvalue weighted by atomic mass is 10.0. The van der Waals surface area contributed by atoms with E-state index in [1.807, 2.05) is 24.3 Å². The van der Waals surface area contributed by atoms with Crippen LogP contribution in [0.1, 0.15) is 46.9 Å². The molecule has 0 amide bonds. The van der Waals surface area contributed by atoms with Gasteiger partial charge in [-0.25, -0.2) is 0 Å². The Bertz CT molecular complexity index is 716. The molecule has 5 heteroatoms. The van der Waals surface area contributed by atoms with E-state index in [0.717, 1.165) is 29.3 Å². The molecule has 0 aliphatic rings. The first-order chi connectivity index (χ1) is 10.8. The Morgan fingerprint density at radius 1 is 1.13 bits per heavy atom. The lowest BCUT2D eigenvalue weighted by molar-refractivity contribution is -0.138. The highest BCUT2D eigenvalue weighted by Crippen LogP contribution is 2.31. The summed E-state index contributed by atoms with van der Waals surface area (Å²) in [5.41, 5.74) is 0.282. The van der Waals surface area contributed by atoms with Crippen molar-refractivity contribution in [3.8, 4) is 0 Å². The molecule has 1 aromatic heterocycles. The first-order valence-electron chi connectivity index (χ1n) is 7.13. The van der Waals surface area contributed by atoms with Gasteiger partial charge in [-0.2, -0.15) is 13.2 Å². The Morgan fingerprint density at radius 3 is 2.35 bits per heavy atom. The molecule has 2 nitrogen and oxygen atoms in total. The van der Waals surface area contributed by atoms with Crippen LogP contribution in [0.15, 0.2) is 48.7 Å². The topological polar surface area (TPSA) is 30.0 Å². The van der Waals surface area contributed by atoms with Gasteiger partial charge in [0.1, 0.15) is 5.69 Å². The molecule has 0 aliphatic carbocycles. The standard InChI is InChI=1S/C18H16F3NO/c1-12(2)14-8-5-13(6-9-14)7-10-16(23)17-15(18(19,20)21)4-3-11-22-17/h3-12H,1-2H3/b10-7+. The number of carbonyl (C=O) groups is 1. The number of alkyl halides is 3. The van der Waals surface area contributed by atoms with E-state index in [9.17, 15) is 18.0 Å². The highest BCUT2D eigenvalue weighted by molar-refractivity contribution is 6.06. The summed E-state index contributed by atoms with van der Waals surface area (Å²) in [6.07, 6.45) is -0.830. The molecule has 0 spiro atoms. The SMILES string of the molecule is CC(C)c1ccc(/C=C/C(=O)c2ncccc2C(F)(F)F)cc1. The minimum absolute atomic E-state index is 0.387. The third kappa shape index (κ3) is 4.28. The number of allylic oxidation sites excluding steroid dienone is 1. The zero-order valence-electron chi connectivity index (χ0n) is 12.8. The van der Waals surface area contributed by atoms with Crippen LogP contribution in [-0.4, -0.2) is 10.8 Å². The molecule has 2 aromatic rings. The molecule has 1 aromatic carbocycles. The summed E-state index contributed by atoms with van der Waals surface area (Å²) < 4.78 is 38.6. The molecular weight excluding hydrogens is 303 g/mol. The zero-order chi connectivity index (χ0) is 17.0. The second-order valence-corrected chi connectivity index (χ2v) is 5.42. The van der Waals surface area contributed by atoms with Crippen molar-refractivity contribution in [1.82, 2.24) is 4.98 Å². The maximum atomic E-state index is 12.9. The second-order valence-electron chi connectivity index (χ2n) is 5.42. The number of nitrogens with zero attached hydrogens (tertiary/aromatic N) is 1. The number of halogens is 3. The highest BCUT2D eigenvalue weighted by Gasteiger charge is 2.35. The summed E-state index contributed by atoms with van der Waals surface area (Å²) in [5.74, 6) is -0.386. The van der Waals surface area contributed by atoms with Gasteiger partial charge in [0.05, 0.1) is 5.56 Å². The first-order valence-corrected chi connectivity index (χ1v) is 7.13. The predicted molar refractivity (Wildman–Crippen MR) is 83.1 cm³/mol. The molecule has 0 aliphatic heterocycles. The number of aromatic nitrogens is 1. The Morgan fingerprint density at radius 2 is 1.78 bits per heavy atom. The Kier molecular flexibility index (Phi) is 4.98. The van der Waals surface area contributed by atoms with Gasteiger partial charge in [-0.3, -0.25) is 9.78 Å². The van der Waals surface area contributed by atoms with Crippen molar-refractivity contribution in [2.75, 3.05) is 0 Å². The minimum atomic E-state index is -4.61. The van der Waals surface area contributed by atoms with Gasteiger partial charge >= 0.3 is 6.18 Å². The average molecular weight is 319 g/mol. The molecule has 120 valence electrons. The van der Waals surface area contributed by atoms with E-state index in [2.05, 4.69) is 18.8 Å². The number of pyridine rings is 1. The van der Waals surface area contributed by atoms with Gasteiger partial charge in [0.2, 0.25) is 5.78 Å². The normalized spacial score (nSPS) is 12.1. The summed E-state index contributed by atoms with van der Waals surface area (Å²) in [4.78, 5) is 15.6. The predicted octanol–water partition coefficient (Wildman–Crippen LogP) is 5.12. The van der Waals surface area contributed by atoms with Crippen LogP contribution < -0.4 is 0 Å². The molecule has 0 N–H and O–H groups in total. The van der Waals surface area contributed by atoms with Crippen molar-refractivity contribution in [3.05, 3.63) is 71.1 Å². The average Bonchev–Trinajstić information content (AvgIpc) is 2.52. The van der Waals surface area contributed by atoms with Crippen LogP contribution in [0.2, 0.25) is 0 Å². The Balaban J connectivity index is 2.22. The highest BCUT2D eigenvalue weighted by atomic mass is 19.4. The van der Waals surface area contributed by atoms with E-state index < -0.39 is 23.2 Å². The maximum absolute atomic E-state index is 12.9. The zero-order valence-corrected chi connectivity index (χ0v) is 12.8. The van der Waals surface area contributed by atoms with Gasteiger partial charge in [0.15, 0.2) is 0 Å². The fourth-order valence-electron chi connectivity index (χ4n) is 2.07. The Hall–Kier alpha value is -2.43. The molecule has 0 atom stereocenters. The molecule has 0 unspecified atom stereocenters. The van der Waals surface area contributed by atoms with Crippen molar-refractivity contribution in [2.45, 2.75) is 25.9 Å². The van der Waals surface area contributed by atoms with Crippen LogP contribution in [0.4, 0.5) is 13.2 Å². The van der Waals surface area contributed by atoms with Crippen molar-refractivity contribution < 1.29 is 18.0 Å². The van der Waals surface area contributed by atoms with E-state index in [4.69, 9.17) is 0 Å². The number of benzene rings is 1. The number of carbonyl (C=O) groups excluding carboxylic acids is 1. The summed E-state index contributed by atoms with van der Waals surface area (Å²) in [6, 6.07) is 9.51. The lowest BCUT2D eigenvalue weighted by Crippen LogP contribution is -2.13. The first kappa shape index (κ1) is 16.9. The molecule has 0 saturated carbocycles. The molecule has 1 heterocycles. The number of hydrogen-bond donors (Lipinski definition) is 0.